The molecule has 6 nitrogen and oxygen atoms in total. The van der Waals surface area contributed by atoms with Gasteiger partial charge in [0, 0.05) is 19.3 Å². The number of carbonyl (C=O) groups is 2. The second kappa shape index (κ2) is 5.96. The Morgan fingerprint density at radius 1 is 1.26 bits per heavy atom. The maximum atomic E-state index is 12.2. The minimum Gasteiger partial charge on any atom is -0.461 e. The highest BCUT2D eigenvalue weighted by Gasteiger charge is 2.38. The summed E-state index contributed by atoms with van der Waals surface area (Å²) in [6.07, 6.45) is 3.77. The maximum Gasteiger partial charge on any atom is 0.298 e. The van der Waals surface area contributed by atoms with E-state index in [1.807, 2.05) is 13.0 Å². The van der Waals surface area contributed by atoms with Crippen LogP contribution in [0.3, 0.4) is 0 Å². The molecule has 0 spiro atoms. The summed E-state index contributed by atoms with van der Waals surface area (Å²) in [6, 6.07) is 6.74. The Bertz CT molecular complexity index is 699. The number of amides is 1. The van der Waals surface area contributed by atoms with Gasteiger partial charge in [-0.1, -0.05) is 6.07 Å². The molecule has 0 saturated carbocycles. The molecule has 1 N–H and O–H groups in total. The summed E-state index contributed by atoms with van der Waals surface area (Å²) in [4.78, 5) is 30.0. The van der Waals surface area contributed by atoms with Crippen molar-refractivity contribution in [2.24, 2.45) is 0 Å². The lowest BCUT2D eigenvalue weighted by Gasteiger charge is -2.37. The number of rotatable bonds is 3. The van der Waals surface area contributed by atoms with E-state index in [1.165, 1.54) is 17.2 Å². The smallest absolute Gasteiger partial charge is 0.298 e. The fourth-order valence-corrected chi connectivity index (χ4v) is 2.74. The van der Waals surface area contributed by atoms with Crippen LogP contribution in [0.25, 0.3) is 0 Å². The topological polar surface area (TPSA) is 83.6 Å². The molecule has 2 aromatic rings. The number of hydrogen-bond donors (Lipinski definition) is 1. The number of aryl methyl sites for hydroxylation is 1. The third-order valence-corrected chi connectivity index (χ3v) is 4.21. The molecule has 3 heterocycles. The van der Waals surface area contributed by atoms with Crippen LogP contribution >= 0.6 is 0 Å². The first-order chi connectivity index (χ1) is 11.0. The van der Waals surface area contributed by atoms with Gasteiger partial charge in [0.05, 0.1) is 12.0 Å². The van der Waals surface area contributed by atoms with Crippen molar-refractivity contribution in [3.8, 4) is 0 Å². The van der Waals surface area contributed by atoms with Gasteiger partial charge in [0.1, 0.15) is 5.60 Å². The minimum absolute atomic E-state index is 0.0380. The number of furan rings is 1. The van der Waals surface area contributed by atoms with E-state index < -0.39 is 17.3 Å². The second-order valence-corrected chi connectivity index (χ2v) is 5.85. The first kappa shape index (κ1) is 15.4. The number of carbonyl (C=O) groups excluding carboxylic acids is 2. The molecule has 1 fully saturated rings. The lowest BCUT2D eigenvalue weighted by atomic mass is 9.87. The first-order valence-corrected chi connectivity index (χ1v) is 7.52. The van der Waals surface area contributed by atoms with Gasteiger partial charge in [0.25, 0.3) is 11.7 Å². The summed E-state index contributed by atoms with van der Waals surface area (Å²) >= 11 is 0. The summed E-state index contributed by atoms with van der Waals surface area (Å²) in [5.74, 6) is -1.22. The molecule has 120 valence electrons. The normalized spacial score (nSPS) is 17.0. The molecular weight excluding hydrogens is 296 g/mol. The highest BCUT2D eigenvalue weighted by molar-refractivity contribution is 6.41. The molecule has 3 rings (SSSR count). The molecule has 1 amide bonds. The Kier molecular flexibility index (Phi) is 4.00. The predicted molar refractivity (Wildman–Crippen MR) is 81.7 cm³/mol. The fraction of sp³-hybridized carbons (Fsp3) is 0.353. The van der Waals surface area contributed by atoms with Crippen molar-refractivity contribution < 1.29 is 19.1 Å². The molecule has 6 heteroatoms. The van der Waals surface area contributed by atoms with Crippen LogP contribution in [0, 0.1) is 6.92 Å². The molecule has 1 aliphatic rings. The number of hydrogen-bond acceptors (Lipinski definition) is 5. The average Bonchev–Trinajstić information content (AvgIpc) is 3.09. The van der Waals surface area contributed by atoms with Crippen molar-refractivity contribution >= 4 is 11.7 Å². The number of ketones is 1. The van der Waals surface area contributed by atoms with E-state index >= 15 is 0 Å². The van der Waals surface area contributed by atoms with Gasteiger partial charge in [-0.2, -0.15) is 0 Å². The number of pyridine rings is 1. The van der Waals surface area contributed by atoms with E-state index in [-0.39, 0.29) is 5.76 Å². The molecule has 0 aromatic carbocycles. The zero-order chi connectivity index (χ0) is 16.4. The Morgan fingerprint density at radius 2 is 2.00 bits per heavy atom. The second-order valence-electron chi connectivity index (χ2n) is 5.85. The van der Waals surface area contributed by atoms with Gasteiger partial charge >= 0.3 is 0 Å². The highest BCUT2D eigenvalue weighted by Crippen LogP contribution is 2.31. The number of Topliss-reactive ketones (excluding diaryl/α,β-unsaturated/α-hetero) is 1. The van der Waals surface area contributed by atoms with Gasteiger partial charge in [-0.3, -0.25) is 14.6 Å². The van der Waals surface area contributed by atoms with E-state index in [0.29, 0.717) is 31.6 Å². The molecule has 1 saturated heterocycles. The van der Waals surface area contributed by atoms with Gasteiger partial charge < -0.3 is 14.4 Å². The summed E-state index contributed by atoms with van der Waals surface area (Å²) in [6.45, 7) is 2.54. The van der Waals surface area contributed by atoms with Crippen LogP contribution in [0.2, 0.25) is 0 Å². The maximum absolute atomic E-state index is 12.2. The van der Waals surface area contributed by atoms with Crippen molar-refractivity contribution in [3.05, 3.63) is 53.7 Å². The van der Waals surface area contributed by atoms with Gasteiger partial charge in [0.2, 0.25) is 0 Å². The van der Waals surface area contributed by atoms with Crippen LogP contribution in [0.5, 0.6) is 0 Å². The molecule has 0 atom stereocenters. The summed E-state index contributed by atoms with van der Waals surface area (Å²) in [5, 5.41) is 10.8. The predicted octanol–water partition coefficient (Wildman–Crippen LogP) is 1.68. The van der Waals surface area contributed by atoms with Crippen LogP contribution in [0.15, 0.2) is 41.1 Å². The SMILES string of the molecule is Cc1ccc(C2(O)CCN(C(=O)C(=O)c3ccco3)CC2)nc1. The molecule has 2 aromatic heterocycles. The van der Waals surface area contributed by atoms with Gasteiger partial charge in [-0.15, -0.1) is 0 Å². The summed E-state index contributed by atoms with van der Waals surface area (Å²) in [5.41, 5.74) is 0.569. The molecule has 0 unspecified atom stereocenters. The largest absolute Gasteiger partial charge is 0.461 e. The lowest BCUT2D eigenvalue weighted by Crippen LogP contribution is -2.47. The summed E-state index contributed by atoms with van der Waals surface area (Å²) < 4.78 is 4.97. The lowest BCUT2D eigenvalue weighted by molar-refractivity contribution is -0.131. The van der Waals surface area contributed by atoms with Crippen LogP contribution in [-0.2, 0) is 10.4 Å². The van der Waals surface area contributed by atoms with Crippen LogP contribution in [0.1, 0.15) is 34.7 Å². The van der Waals surface area contributed by atoms with Crippen LogP contribution in [-0.4, -0.2) is 39.8 Å². The Hall–Kier alpha value is -2.47. The Labute approximate surface area is 133 Å². The molecular formula is C17H18N2O4. The molecule has 0 radical (unpaired) electrons. The zero-order valence-electron chi connectivity index (χ0n) is 12.9. The zero-order valence-corrected chi connectivity index (χ0v) is 12.9. The standard InChI is InChI=1S/C17H18N2O4/c1-12-4-5-14(18-11-12)17(22)6-8-19(9-7-17)16(21)15(20)13-3-2-10-23-13/h2-5,10-11,22H,6-9H2,1H3. The van der Waals surface area contributed by atoms with Crippen LogP contribution in [0.4, 0.5) is 0 Å². The Morgan fingerprint density at radius 3 is 2.57 bits per heavy atom. The number of likely N-dealkylation sites (tertiary alicyclic amines) is 1. The van der Waals surface area contributed by atoms with Crippen molar-refractivity contribution in [3.63, 3.8) is 0 Å². The number of piperidine rings is 1. The number of nitrogens with zero attached hydrogens (tertiary/aromatic N) is 2. The Balaban J connectivity index is 1.67. The fourth-order valence-electron chi connectivity index (χ4n) is 2.74. The van der Waals surface area contributed by atoms with Crippen molar-refractivity contribution in [2.45, 2.75) is 25.4 Å². The minimum atomic E-state index is -1.06. The van der Waals surface area contributed by atoms with E-state index in [4.69, 9.17) is 4.42 Å². The third-order valence-electron chi connectivity index (χ3n) is 4.21. The number of aromatic nitrogens is 1. The summed E-state index contributed by atoms with van der Waals surface area (Å²) in [7, 11) is 0. The molecule has 1 aliphatic heterocycles. The quantitative estimate of drug-likeness (QED) is 0.688. The molecule has 23 heavy (non-hydrogen) atoms. The monoisotopic (exact) mass is 314 g/mol. The average molecular weight is 314 g/mol. The van der Waals surface area contributed by atoms with E-state index in [2.05, 4.69) is 4.98 Å². The van der Waals surface area contributed by atoms with E-state index in [9.17, 15) is 14.7 Å². The first-order valence-electron chi connectivity index (χ1n) is 7.52. The van der Waals surface area contributed by atoms with E-state index in [1.54, 1.807) is 18.3 Å². The van der Waals surface area contributed by atoms with Crippen molar-refractivity contribution in [2.75, 3.05) is 13.1 Å². The van der Waals surface area contributed by atoms with E-state index in [0.717, 1.165) is 5.56 Å². The van der Waals surface area contributed by atoms with Gasteiger partial charge in [-0.05, 0) is 43.5 Å². The molecule has 0 aliphatic carbocycles. The number of aliphatic hydroxyl groups is 1. The van der Waals surface area contributed by atoms with Gasteiger partial charge in [-0.25, -0.2) is 0 Å². The third kappa shape index (κ3) is 3.03. The highest BCUT2D eigenvalue weighted by atomic mass is 16.3. The van der Waals surface area contributed by atoms with Crippen molar-refractivity contribution in [1.29, 1.82) is 0 Å². The van der Waals surface area contributed by atoms with Crippen molar-refractivity contribution in [1.82, 2.24) is 9.88 Å². The molecule has 0 bridgehead atoms. The van der Waals surface area contributed by atoms with Gasteiger partial charge in [0.15, 0.2) is 5.76 Å². The van der Waals surface area contributed by atoms with Crippen LogP contribution < -0.4 is 0 Å².